The van der Waals surface area contributed by atoms with Crippen LogP contribution in [-0.2, 0) is 4.79 Å². The quantitative estimate of drug-likeness (QED) is 0.751. The van der Waals surface area contributed by atoms with Gasteiger partial charge in [-0.2, -0.15) is 0 Å². The third-order valence-electron chi connectivity index (χ3n) is 3.38. The molecule has 0 amide bonds. The predicted molar refractivity (Wildman–Crippen MR) is 56.2 cm³/mol. The molecule has 2 atom stereocenters. The highest BCUT2D eigenvalue weighted by Crippen LogP contribution is 2.32. The highest BCUT2D eigenvalue weighted by molar-refractivity contribution is 5.70. The van der Waals surface area contributed by atoms with Crippen molar-refractivity contribution < 1.29 is 9.90 Å². The van der Waals surface area contributed by atoms with Crippen molar-refractivity contribution in [3.63, 3.8) is 0 Å². The van der Waals surface area contributed by atoms with Gasteiger partial charge in [-0.1, -0.05) is 19.8 Å². The van der Waals surface area contributed by atoms with Crippen LogP contribution >= 0.6 is 0 Å². The van der Waals surface area contributed by atoms with E-state index in [9.17, 15) is 4.79 Å². The summed E-state index contributed by atoms with van der Waals surface area (Å²) in [7, 11) is 3.98. The van der Waals surface area contributed by atoms with Gasteiger partial charge in [0, 0.05) is 6.04 Å². The Balaban J connectivity index is 2.67. The molecular formula is C11H21NO2. The molecular weight excluding hydrogens is 178 g/mol. The number of rotatable bonds is 4. The van der Waals surface area contributed by atoms with Gasteiger partial charge in [-0.3, -0.25) is 4.79 Å². The topological polar surface area (TPSA) is 40.5 Å². The van der Waals surface area contributed by atoms with Crippen LogP contribution in [0.15, 0.2) is 0 Å². The van der Waals surface area contributed by atoms with Crippen LogP contribution in [-0.4, -0.2) is 36.1 Å². The summed E-state index contributed by atoms with van der Waals surface area (Å²) in [4.78, 5) is 13.1. The highest BCUT2D eigenvalue weighted by Gasteiger charge is 2.34. The molecule has 0 saturated heterocycles. The summed E-state index contributed by atoms with van der Waals surface area (Å²) < 4.78 is 0. The van der Waals surface area contributed by atoms with Crippen LogP contribution in [0, 0.1) is 11.8 Å². The Morgan fingerprint density at radius 3 is 2.21 bits per heavy atom. The van der Waals surface area contributed by atoms with Crippen molar-refractivity contribution in [2.24, 2.45) is 11.8 Å². The summed E-state index contributed by atoms with van der Waals surface area (Å²) in [5.74, 6) is -0.347. The summed E-state index contributed by atoms with van der Waals surface area (Å²) in [5, 5.41) is 9.03. The molecule has 2 unspecified atom stereocenters. The van der Waals surface area contributed by atoms with Gasteiger partial charge in [0.25, 0.3) is 0 Å². The third-order valence-corrected chi connectivity index (χ3v) is 3.38. The fourth-order valence-electron chi connectivity index (χ4n) is 2.72. The molecule has 1 N–H and O–H groups in total. The highest BCUT2D eigenvalue weighted by atomic mass is 16.4. The molecule has 0 aromatic carbocycles. The monoisotopic (exact) mass is 199 g/mol. The van der Waals surface area contributed by atoms with Gasteiger partial charge >= 0.3 is 5.97 Å². The van der Waals surface area contributed by atoms with E-state index in [-0.39, 0.29) is 12.0 Å². The first-order valence-electron chi connectivity index (χ1n) is 5.43. The van der Waals surface area contributed by atoms with Crippen molar-refractivity contribution in [2.45, 2.75) is 38.6 Å². The lowest BCUT2D eigenvalue weighted by atomic mass is 9.87. The lowest BCUT2D eigenvalue weighted by molar-refractivity contribution is -0.144. The number of carboxylic acids is 1. The second-order valence-electron chi connectivity index (χ2n) is 4.63. The van der Waals surface area contributed by atoms with E-state index in [0.29, 0.717) is 5.92 Å². The molecule has 1 aliphatic rings. The number of carboxylic acid groups (broad SMARTS) is 1. The average molecular weight is 199 g/mol. The van der Waals surface area contributed by atoms with Gasteiger partial charge < -0.3 is 10.0 Å². The number of hydrogen-bond donors (Lipinski definition) is 1. The van der Waals surface area contributed by atoms with Crippen LogP contribution in [0.25, 0.3) is 0 Å². The maximum Gasteiger partial charge on any atom is 0.307 e. The first kappa shape index (κ1) is 11.5. The fraction of sp³-hybridized carbons (Fsp3) is 0.909. The number of hydrogen-bond acceptors (Lipinski definition) is 2. The Hall–Kier alpha value is -0.570. The van der Waals surface area contributed by atoms with Crippen LogP contribution in [0.1, 0.15) is 32.6 Å². The molecule has 0 radical (unpaired) electrons. The largest absolute Gasteiger partial charge is 0.481 e. The van der Waals surface area contributed by atoms with Gasteiger partial charge in [0.15, 0.2) is 0 Å². The van der Waals surface area contributed by atoms with Gasteiger partial charge in [-0.15, -0.1) is 0 Å². The third kappa shape index (κ3) is 2.47. The maximum absolute atomic E-state index is 11.0. The summed E-state index contributed by atoms with van der Waals surface area (Å²) in [5.41, 5.74) is 0. The minimum atomic E-state index is -0.671. The zero-order valence-corrected chi connectivity index (χ0v) is 9.36. The zero-order valence-electron chi connectivity index (χ0n) is 9.36. The number of aliphatic carboxylic acids is 1. The summed E-state index contributed by atoms with van der Waals surface area (Å²) in [6.07, 6.45) is 4.92. The lowest BCUT2D eigenvalue weighted by Gasteiger charge is -2.32. The molecule has 0 bridgehead atoms. The molecule has 0 spiro atoms. The lowest BCUT2D eigenvalue weighted by Crippen LogP contribution is -2.42. The van der Waals surface area contributed by atoms with E-state index in [0.717, 1.165) is 0 Å². The van der Waals surface area contributed by atoms with Gasteiger partial charge in [0.2, 0.25) is 0 Å². The summed E-state index contributed by atoms with van der Waals surface area (Å²) in [6, 6.07) is 0.204. The molecule has 1 rings (SSSR count). The normalized spacial score (nSPS) is 22.6. The molecule has 1 fully saturated rings. The standard InChI is InChI=1S/C11H21NO2/c1-8(11(13)14)10(12(2)3)9-6-4-5-7-9/h8-10H,4-7H2,1-3H3,(H,13,14). The van der Waals surface area contributed by atoms with E-state index in [1.807, 2.05) is 21.0 Å². The van der Waals surface area contributed by atoms with Crippen molar-refractivity contribution >= 4 is 5.97 Å². The summed E-state index contributed by atoms with van der Waals surface area (Å²) >= 11 is 0. The van der Waals surface area contributed by atoms with E-state index in [1.54, 1.807) is 0 Å². The zero-order chi connectivity index (χ0) is 10.7. The van der Waals surface area contributed by atoms with Crippen LogP contribution in [0.5, 0.6) is 0 Å². The molecule has 0 aromatic rings. The molecule has 14 heavy (non-hydrogen) atoms. The Bertz CT molecular complexity index is 197. The molecule has 3 heteroatoms. The first-order chi connectivity index (χ1) is 6.54. The molecule has 1 aliphatic carbocycles. The molecule has 82 valence electrons. The Morgan fingerprint density at radius 1 is 1.36 bits per heavy atom. The van der Waals surface area contributed by atoms with Gasteiger partial charge in [0.1, 0.15) is 0 Å². The van der Waals surface area contributed by atoms with Gasteiger partial charge in [-0.25, -0.2) is 0 Å². The van der Waals surface area contributed by atoms with Crippen LogP contribution in [0.3, 0.4) is 0 Å². The molecule has 1 saturated carbocycles. The first-order valence-corrected chi connectivity index (χ1v) is 5.43. The molecule has 0 heterocycles. The van der Waals surface area contributed by atoms with Crippen LogP contribution in [0.4, 0.5) is 0 Å². The minimum absolute atomic E-state index is 0.204. The van der Waals surface area contributed by atoms with Gasteiger partial charge in [-0.05, 0) is 32.9 Å². The van der Waals surface area contributed by atoms with Gasteiger partial charge in [0.05, 0.1) is 5.92 Å². The van der Waals surface area contributed by atoms with E-state index in [1.165, 1.54) is 25.7 Å². The average Bonchev–Trinajstić information content (AvgIpc) is 2.56. The molecule has 0 aromatic heterocycles. The Kier molecular flexibility index (Phi) is 3.93. The van der Waals surface area contributed by atoms with Crippen molar-refractivity contribution in [3.05, 3.63) is 0 Å². The number of carbonyl (C=O) groups is 1. The van der Waals surface area contributed by atoms with E-state index in [4.69, 9.17) is 5.11 Å². The molecule has 3 nitrogen and oxygen atoms in total. The van der Waals surface area contributed by atoms with Crippen molar-refractivity contribution in [2.75, 3.05) is 14.1 Å². The Morgan fingerprint density at radius 2 is 1.86 bits per heavy atom. The maximum atomic E-state index is 11.0. The Labute approximate surface area is 86.1 Å². The second-order valence-corrected chi connectivity index (χ2v) is 4.63. The second kappa shape index (κ2) is 4.78. The van der Waals surface area contributed by atoms with E-state index < -0.39 is 5.97 Å². The smallest absolute Gasteiger partial charge is 0.307 e. The fourth-order valence-corrected chi connectivity index (χ4v) is 2.72. The number of nitrogens with zero attached hydrogens (tertiary/aromatic N) is 1. The van der Waals surface area contributed by atoms with Crippen molar-refractivity contribution in [1.29, 1.82) is 0 Å². The van der Waals surface area contributed by atoms with Crippen molar-refractivity contribution in [3.8, 4) is 0 Å². The van der Waals surface area contributed by atoms with E-state index >= 15 is 0 Å². The van der Waals surface area contributed by atoms with Crippen LogP contribution < -0.4 is 0 Å². The van der Waals surface area contributed by atoms with Crippen molar-refractivity contribution in [1.82, 2.24) is 4.90 Å². The molecule has 0 aliphatic heterocycles. The predicted octanol–water partition coefficient (Wildman–Crippen LogP) is 1.83. The van der Waals surface area contributed by atoms with E-state index in [2.05, 4.69) is 4.90 Å². The minimum Gasteiger partial charge on any atom is -0.481 e. The summed E-state index contributed by atoms with van der Waals surface area (Å²) in [6.45, 7) is 1.82. The SMILES string of the molecule is CC(C(=O)O)C(C1CCCC1)N(C)C. The van der Waals surface area contributed by atoms with Crippen LogP contribution in [0.2, 0.25) is 0 Å².